The summed E-state index contributed by atoms with van der Waals surface area (Å²) in [5, 5.41) is 6.29. The molecule has 2 N–H and O–H groups in total. The van der Waals surface area contributed by atoms with E-state index in [1.807, 2.05) is 9.80 Å². The maximum atomic E-state index is 12.3. The molecule has 0 spiro atoms. The van der Waals surface area contributed by atoms with E-state index in [0.717, 1.165) is 64.2 Å². The van der Waals surface area contributed by atoms with E-state index in [-0.39, 0.29) is 12.1 Å². The summed E-state index contributed by atoms with van der Waals surface area (Å²) in [6.07, 6.45) is 4.18. The van der Waals surface area contributed by atoms with Gasteiger partial charge in [-0.15, -0.1) is 0 Å². The number of nitrogens with zero attached hydrogens (tertiary/aromatic N) is 4. The van der Waals surface area contributed by atoms with Crippen LogP contribution in [0, 0.1) is 5.92 Å². The van der Waals surface area contributed by atoms with Crippen LogP contribution in [-0.2, 0) is 0 Å². The van der Waals surface area contributed by atoms with Crippen LogP contribution in [0.3, 0.4) is 0 Å². The highest BCUT2D eigenvalue weighted by atomic mass is 32.1. The van der Waals surface area contributed by atoms with Crippen LogP contribution in [-0.4, -0.2) is 63.9 Å². The maximum absolute atomic E-state index is 12.3. The van der Waals surface area contributed by atoms with Crippen molar-refractivity contribution in [2.75, 3.05) is 38.0 Å². The van der Waals surface area contributed by atoms with Gasteiger partial charge in [0, 0.05) is 50.2 Å². The van der Waals surface area contributed by atoms with E-state index in [0.29, 0.717) is 17.0 Å². The van der Waals surface area contributed by atoms with Gasteiger partial charge in [-0.1, -0.05) is 0 Å². The predicted octanol–water partition coefficient (Wildman–Crippen LogP) is 1.68. The highest BCUT2D eigenvalue weighted by Crippen LogP contribution is 2.39. The molecule has 1 aromatic heterocycles. The highest BCUT2D eigenvalue weighted by molar-refractivity contribution is 7.09. The summed E-state index contributed by atoms with van der Waals surface area (Å²) in [5.74, 6) is 1.85. The fourth-order valence-corrected chi connectivity index (χ4v) is 3.92. The van der Waals surface area contributed by atoms with Crippen molar-refractivity contribution in [2.45, 2.75) is 31.6 Å². The molecule has 1 saturated carbocycles. The summed E-state index contributed by atoms with van der Waals surface area (Å²) in [6.45, 7) is 3.77. The number of amides is 4. The Balaban J connectivity index is 1.24. The summed E-state index contributed by atoms with van der Waals surface area (Å²) in [4.78, 5) is 32.1. The van der Waals surface area contributed by atoms with Gasteiger partial charge in [0.15, 0.2) is 0 Å². The van der Waals surface area contributed by atoms with Gasteiger partial charge in [-0.25, -0.2) is 14.6 Å². The fourth-order valence-electron chi connectivity index (χ4n) is 3.28. The first-order chi connectivity index (χ1) is 11.7. The van der Waals surface area contributed by atoms with E-state index < -0.39 is 0 Å². The molecule has 3 fully saturated rings. The number of nitrogens with one attached hydrogen (secondary N) is 2. The Morgan fingerprint density at radius 1 is 1.25 bits per heavy atom. The molecule has 3 heterocycles. The van der Waals surface area contributed by atoms with Gasteiger partial charge >= 0.3 is 12.1 Å². The SMILES string of the molecule is O=C1NCCN1CC1CCN(C(=O)Nc2nc(C3CC3)ns2)CC1. The topological polar surface area (TPSA) is 90.5 Å². The summed E-state index contributed by atoms with van der Waals surface area (Å²) < 4.78 is 4.31. The average molecular weight is 350 g/mol. The lowest BCUT2D eigenvalue weighted by Crippen LogP contribution is -2.43. The van der Waals surface area contributed by atoms with Crippen molar-refractivity contribution in [3.63, 3.8) is 0 Å². The minimum absolute atomic E-state index is 0.0397. The second-order valence-corrected chi connectivity index (χ2v) is 7.52. The van der Waals surface area contributed by atoms with Gasteiger partial charge in [0.05, 0.1) is 0 Å². The van der Waals surface area contributed by atoms with Gasteiger partial charge in [0.1, 0.15) is 5.82 Å². The van der Waals surface area contributed by atoms with Crippen LogP contribution in [0.2, 0.25) is 0 Å². The molecule has 1 aliphatic carbocycles. The van der Waals surface area contributed by atoms with Crippen molar-refractivity contribution in [1.82, 2.24) is 24.5 Å². The van der Waals surface area contributed by atoms with Crippen LogP contribution in [0.4, 0.5) is 14.7 Å². The monoisotopic (exact) mass is 350 g/mol. The lowest BCUT2D eigenvalue weighted by Gasteiger charge is -2.33. The van der Waals surface area contributed by atoms with Crippen molar-refractivity contribution in [3.05, 3.63) is 5.82 Å². The number of likely N-dealkylation sites (tertiary alicyclic amines) is 1. The smallest absolute Gasteiger partial charge is 0.323 e. The molecule has 0 atom stereocenters. The molecule has 0 bridgehead atoms. The van der Waals surface area contributed by atoms with E-state index >= 15 is 0 Å². The third kappa shape index (κ3) is 3.45. The largest absolute Gasteiger partial charge is 0.336 e. The van der Waals surface area contributed by atoms with Crippen LogP contribution in [0.15, 0.2) is 0 Å². The predicted molar refractivity (Wildman–Crippen MR) is 90.2 cm³/mol. The number of anilines is 1. The Labute approximate surface area is 144 Å². The van der Waals surface area contributed by atoms with Gasteiger partial charge in [-0.05, 0) is 31.6 Å². The normalized spacial score (nSPS) is 21.9. The minimum Gasteiger partial charge on any atom is -0.336 e. The lowest BCUT2D eigenvalue weighted by molar-refractivity contribution is 0.163. The first-order valence-electron chi connectivity index (χ1n) is 8.61. The van der Waals surface area contributed by atoms with E-state index in [9.17, 15) is 9.59 Å². The van der Waals surface area contributed by atoms with E-state index in [2.05, 4.69) is 20.0 Å². The summed E-state index contributed by atoms with van der Waals surface area (Å²) >= 11 is 1.26. The van der Waals surface area contributed by atoms with Gasteiger partial charge in [-0.2, -0.15) is 4.37 Å². The molecule has 0 aromatic carbocycles. The van der Waals surface area contributed by atoms with Crippen molar-refractivity contribution in [2.24, 2.45) is 5.92 Å². The molecular weight excluding hydrogens is 328 g/mol. The third-order valence-corrected chi connectivity index (χ3v) is 5.57. The van der Waals surface area contributed by atoms with Crippen LogP contribution in [0.25, 0.3) is 0 Å². The molecule has 0 unspecified atom stereocenters. The molecule has 4 amide bonds. The van der Waals surface area contributed by atoms with Crippen molar-refractivity contribution >= 4 is 28.7 Å². The van der Waals surface area contributed by atoms with Gasteiger partial charge < -0.3 is 15.1 Å². The van der Waals surface area contributed by atoms with Crippen LogP contribution < -0.4 is 10.6 Å². The Morgan fingerprint density at radius 3 is 2.71 bits per heavy atom. The zero-order valence-electron chi connectivity index (χ0n) is 13.5. The van der Waals surface area contributed by atoms with Gasteiger partial charge in [-0.3, -0.25) is 5.32 Å². The number of urea groups is 2. The molecule has 2 aliphatic heterocycles. The summed E-state index contributed by atoms with van der Waals surface area (Å²) in [5.41, 5.74) is 0. The molecule has 0 radical (unpaired) electrons. The summed E-state index contributed by atoms with van der Waals surface area (Å²) in [6, 6.07) is -0.0521. The van der Waals surface area contributed by atoms with Crippen molar-refractivity contribution in [3.8, 4) is 0 Å². The Hall–Kier alpha value is -1.90. The molecular formula is C15H22N6O2S. The van der Waals surface area contributed by atoms with Crippen molar-refractivity contribution < 1.29 is 9.59 Å². The number of hydrogen-bond donors (Lipinski definition) is 2. The fraction of sp³-hybridized carbons (Fsp3) is 0.733. The number of aromatic nitrogens is 2. The molecule has 130 valence electrons. The number of rotatable bonds is 4. The van der Waals surface area contributed by atoms with Gasteiger partial charge in [0.2, 0.25) is 5.13 Å². The molecule has 24 heavy (non-hydrogen) atoms. The lowest BCUT2D eigenvalue weighted by atomic mass is 9.96. The zero-order chi connectivity index (χ0) is 16.5. The van der Waals surface area contributed by atoms with Crippen molar-refractivity contribution in [1.29, 1.82) is 0 Å². The third-order valence-electron chi connectivity index (χ3n) is 4.92. The summed E-state index contributed by atoms with van der Waals surface area (Å²) in [7, 11) is 0. The first kappa shape index (κ1) is 15.6. The van der Waals surface area contributed by atoms with Crippen LogP contribution >= 0.6 is 11.5 Å². The molecule has 8 nitrogen and oxygen atoms in total. The van der Waals surface area contributed by atoms with Crippen LogP contribution in [0.1, 0.15) is 37.4 Å². The van der Waals surface area contributed by atoms with E-state index in [1.165, 1.54) is 11.5 Å². The highest BCUT2D eigenvalue weighted by Gasteiger charge is 2.30. The van der Waals surface area contributed by atoms with E-state index in [4.69, 9.17) is 0 Å². The Morgan fingerprint density at radius 2 is 2.04 bits per heavy atom. The number of carbonyl (C=O) groups excluding carboxylic acids is 2. The molecule has 4 rings (SSSR count). The molecule has 2 saturated heterocycles. The Kier molecular flexibility index (Phi) is 4.26. The van der Waals surface area contributed by atoms with Crippen LogP contribution in [0.5, 0.6) is 0 Å². The molecule has 9 heteroatoms. The zero-order valence-corrected chi connectivity index (χ0v) is 14.3. The average Bonchev–Trinajstić information content (AvgIpc) is 3.21. The number of piperidine rings is 1. The molecule has 1 aromatic rings. The van der Waals surface area contributed by atoms with Gasteiger partial charge in [0.25, 0.3) is 0 Å². The minimum atomic E-state index is -0.0918. The first-order valence-corrected chi connectivity index (χ1v) is 9.38. The maximum Gasteiger partial charge on any atom is 0.323 e. The second kappa shape index (κ2) is 6.54. The second-order valence-electron chi connectivity index (χ2n) is 6.77. The quantitative estimate of drug-likeness (QED) is 0.864. The Bertz CT molecular complexity index is 623. The standard InChI is InChI=1S/C15H22N6O2S/c22-14-16-5-8-21(14)9-10-3-6-20(7-4-10)15(23)18-13-17-12(19-24-13)11-1-2-11/h10-11H,1-9H2,(H,16,22)(H,17,18,19,23). The number of hydrogen-bond acceptors (Lipinski definition) is 5. The van der Waals surface area contributed by atoms with E-state index in [1.54, 1.807) is 0 Å². The number of carbonyl (C=O) groups is 2. The molecule has 3 aliphatic rings.